The highest BCUT2D eigenvalue weighted by Gasteiger charge is 2.43. The molecule has 1 aliphatic carbocycles. The maximum Gasteiger partial charge on any atom is 0.303 e. The molecule has 6 atom stereocenters. The number of rotatable bonds is 10. The van der Waals surface area contributed by atoms with Crippen molar-refractivity contribution in [2.75, 3.05) is 13.2 Å². The van der Waals surface area contributed by atoms with Crippen LogP contribution in [0.25, 0.3) is 0 Å². The molecule has 0 radical (unpaired) electrons. The number of carboxylic acids is 1. The van der Waals surface area contributed by atoms with Crippen molar-refractivity contribution in [1.82, 2.24) is 0 Å². The highest BCUT2D eigenvalue weighted by Crippen LogP contribution is 2.42. The highest BCUT2D eigenvalue weighted by atomic mass is 16.5. The van der Waals surface area contributed by atoms with Gasteiger partial charge in [0.15, 0.2) is 0 Å². The minimum atomic E-state index is -0.735. The minimum Gasteiger partial charge on any atom is -0.491 e. The predicted molar refractivity (Wildman–Crippen MR) is 113 cm³/mol. The molecule has 1 aliphatic heterocycles. The Bertz CT molecular complexity index is 676. The summed E-state index contributed by atoms with van der Waals surface area (Å²) in [6, 6.07) is 9.39. The van der Waals surface area contributed by atoms with Crippen molar-refractivity contribution in [3.63, 3.8) is 0 Å². The summed E-state index contributed by atoms with van der Waals surface area (Å²) in [6.07, 6.45) is 8.02. The molecule has 3 rings (SSSR count). The van der Waals surface area contributed by atoms with E-state index in [1.807, 2.05) is 36.4 Å². The summed E-state index contributed by atoms with van der Waals surface area (Å²) in [5.41, 5.74) is 0. The van der Waals surface area contributed by atoms with E-state index in [0.29, 0.717) is 25.4 Å². The fraction of sp³-hybridized carbons (Fsp3) is 0.625. The zero-order valence-electron chi connectivity index (χ0n) is 17.4. The molecule has 3 N–H and O–H groups in total. The molecule has 2 aliphatic rings. The molecule has 6 nitrogen and oxygen atoms in total. The SMILES string of the molecule is O=C(O)CCCC[C@H]1CC[C@@H]2[C@@H](/C=C/[C@@H](O)COc3ccccc3)[C@H](O)C[C@@H]2OC1. The Hall–Kier alpha value is -1.89. The Balaban J connectivity index is 1.46. The van der Waals surface area contributed by atoms with Gasteiger partial charge in [-0.3, -0.25) is 4.79 Å². The van der Waals surface area contributed by atoms with Crippen LogP contribution in [0, 0.1) is 17.8 Å². The Morgan fingerprint density at radius 2 is 2.03 bits per heavy atom. The number of ether oxygens (including phenoxy) is 2. The van der Waals surface area contributed by atoms with Gasteiger partial charge in [-0.2, -0.15) is 0 Å². The third-order valence-corrected chi connectivity index (χ3v) is 6.32. The average molecular weight is 419 g/mol. The van der Waals surface area contributed by atoms with Crippen LogP contribution in [0.1, 0.15) is 44.9 Å². The van der Waals surface area contributed by atoms with Crippen LogP contribution in [0.15, 0.2) is 42.5 Å². The second-order valence-corrected chi connectivity index (χ2v) is 8.58. The third kappa shape index (κ3) is 6.83. The third-order valence-electron chi connectivity index (χ3n) is 6.32. The first kappa shape index (κ1) is 22.8. The average Bonchev–Trinajstić information content (AvgIpc) is 2.90. The summed E-state index contributed by atoms with van der Waals surface area (Å²) in [4.78, 5) is 10.6. The molecule has 30 heavy (non-hydrogen) atoms. The van der Waals surface area contributed by atoms with Crippen molar-refractivity contribution in [3.05, 3.63) is 42.5 Å². The van der Waals surface area contributed by atoms with Gasteiger partial charge in [0.25, 0.3) is 0 Å². The van der Waals surface area contributed by atoms with E-state index in [9.17, 15) is 15.0 Å². The number of benzene rings is 1. The van der Waals surface area contributed by atoms with Crippen LogP contribution in [0.3, 0.4) is 0 Å². The molecule has 166 valence electrons. The van der Waals surface area contributed by atoms with E-state index in [-0.39, 0.29) is 31.0 Å². The first-order valence-electron chi connectivity index (χ1n) is 11.1. The second kappa shape index (κ2) is 11.5. The van der Waals surface area contributed by atoms with Crippen molar-refractivity contribution in [2.24, 2.45) is 17.8 Å². The molecule has 1 aromatic rings. The van der Waals surface area contributed by atoms with Gasteiger partial charge in [0.05, 0.1) is 12.2 Å². The summed E-state index contributed by atoms with van der Waals surface area (Å²) >= 11 is 0. The number of carboxylic acid groups (broad SMARTS) is 1. The van der Waals surface area contributed by atoms with Crippen molar-refractivity contribution in [3.8, 4) is 5.75 Å². The monoisotopic (exact) mass is 418 g/mol. The van der Waals surface area contributed by atoms with Crippen LogP contribution in [0.2, 0.25) is 0 Å². The fourth-order valence-electron chi connectivity index (χ4n) is 4.66. The predicted octanol–water partition coefficient (Wildman–Crippen LogP) is 3.42. The zero-order chi connectivity index (χ0) is 21.3. The molecular formula is C24H34O6. The molecule has 1 saturated carbocycles. The van der Waals surface area contributed by atoms with E-state index in [1.54, 1.807) is 6.08 Å². The van der Waals surface area contributed by atoms with Crippen molar-refractivity contribution >= 4 is 5.97 Å². The maximum absolute atomic E-state index is 10.6. The number of fused-ring (bicyclic) bond motifs is 1. The summed E-state index contributed by atoms with van der Waals surface area (Å²) in [5, 5.41) is 29.5. The van der Waals surface area contributed by atoms with E-state index >= 15 is 0 Å². The summed E-state index contributed by atoms with van der Waals surface area (Å²) in [7, 11) is 0. The molecule has 1 aromatic carbocycles. The molecule has 0 spiro atoms. The Kier molecular flexibility index (Phi) is 8.73. The minimum absolute atomic E-state index is 0.0212. The number of hydrogen-bond acceptors (Lipinski definition) is 5. The molecule has 0 aromatic heterocycles. The van der Waals surface area contributed by atoms with Crippen molar-refractivity contribution < 1.29 is 29.6 Å². The smallest absolute Gasteiger partial charge is 0.303 e. The van der Waals surface area contributed by atoms with E-state index in [2.05, 4.69) is 0 Å². The largest absolute Gasteiger partial charge is 0.491 e. The van der Waals surface area contributed by atoms with Gasteiger partial charge in [-0.25, -0.2) is 0 Å². The molecule has 0 unspecified atom stereocenters. The summed E-state index contributed by atoms with van der Waals surface area (Å²) in [6.45, 7) is 0.858. The van der Waals surface area contributed by atoms with Crippen LogP contribution in [-0.2, 0) is 9.53 Å². The number of carbonyl (C=O) groups is 1. The quantitative estimate of drug-likeness (QED) is 0.398. The number of aliphatic carboxylic acids is 1. The number of hydrogen-bond donors (Lipinski definition) is 3. The standard InChI is InChI=1S/C24H34O6/c25-18(16-29-19-7-2-1-3-8-19)11-13-20-21-12-10-17(6-4-5-9-24(27)28)15-30-23(21)14-22(20)26/h1-3,7-8,11,13,17-18,20-23,25-26H,4-6,9-10,12,14-16H2,(H,27,28)/b13-11+/t17-,18+,20+,21+,22+,23-/m0/s1. The van der Waals surface area contributed by atoms with Gasteiger partial charge in [-0.1, -0.05) is 36.8 Å². The first-order valence-corrected chi connectivity index (χ1v) is 11.1. The lowest BCUT2D eigenvalue weighted by Crippen LogP contribution is -2.22. The van der Waals surface area contributed by atoms with Crippen molar-refractivity contribution in [1.29, 1.82) is 0 Å². The van der Waals surface area contributed by atoms with E-state index in [4.69, 9.17) is 14.6 Å². The van der Waals surface area contributed by atoms with Gasteiger partial charge >= 0.3 is 5.97 Å². The van der Waals surface area contributed by atoms with E-state index in [0.717, 1.165) is 31.4 Å². The lowest BCUT2D eigenvalue weighted by atomic mass is 9.86. The number of para-hydroxylation sites is 1. The Labute approximate surface area is 178 Å². The van der Waals surface area contributed by atoms with E-state index in [1.165, 1.54) is 0 Å². The molecule has 2 fully saturated rings. The van der Waals surface area contributed by atoms with E-state index < -0.39 is 18.2 Å². The van der Waals surface area contributed by atoms with Crippen LogP contribution in [0.5, 0.6) is 5.75 Å². The molecule has 0 amide bonds. The fourth-order valence-corrected chi connectivity index (χ4v) is 4.66. The Morgan fingerprint density at radius 1 is 1.23 bits per heavy atom. The molecule has 1 saturated heterocycles. The van der Waals surface area contributed by atoms with Crippen molar-refractivity contribution in [2.45, 2.75) is 63.3 Å². The molecule has 0 bridgehead atoms. The lowest BCUT2D eigenvalue weighted by molar-refractivity contribution is -0.137. The lowest BCUT2D eigenvalue weighted by Gasteiger charge is -2.21. The van der Waals surface area contributed by atoms with Crippen LogP contribution < -0.4 is 4.74 Å². The number of aliphatic hydroxyl groups is 2. The maximum atomic E-state index is 10.6. The van der Waals surface area contributed by atoms with Gasteiger partial charge in [-0.05, 0) is 49.7 Å². The van der Waals surface area contributed by atoms with Gasteiger partial charge in [-0.15, -0.1) is 0 Å². The second-order valence-electron chi connectivity index (χ2n) is 8.58. The molecular weight excluding hydrogens is 384 g/mol. The zero-order valence-corrected chi connectivity index (χ0v) is 17.4. The molecule has 1 heterocycles. The van der Waals surface area contributed by atoms with Gasteiger partial charge < -0.3 is 24.8 Å². The first-order chi connectivity index (χ1) is 14.5. The highest BCUT2D eigenvalue weighted by molar-refractivity contribution is 5.66. The van der Waals surface area contributed by atoms with Gasteiger partial charge in [0.1, 0.15) is 18.5 Å². The summed E-state index contributed by atoms with van der Waals surface area (Å²) in [5.74, 6) is 0.671. The van der Waals surface area contributed by atoms with Gasteiger partial charge in [0, 0.05) is 25.4 Å². The van der Waals surface area contributed by atoms with Gasteiger partial charge in [0.2, 0.25) is 0 Å². The van der Waals surface area contributed by atoms with Crippen LogP contribution in [-0.4, -0.2) is 52.8 Å². The number of aliphatic hydroxyl groups excluding tert-OH is 2. The topological polar surface area (TPSA) is 96.2 Å². The van der Waals surface area contributed by atoms with Crippen LogP contribution >= 0.6 is 0 Å². The Morgan fingerprint density at radius 3 is 2.80 bits per heavy atom. The normalized spacial score (nSPS) is 30.0. The van der Waals surface area contributed by atoms with Crippen LogP contribution in [0.4, 0.5) is 0 Å². The summed E-state index contributed by atoms with van der Waals surface area (Å²) < 4.78 is 11.7. The number of unbranched alkanes of at least 4 members (excludes halogenated alkanes) is 1. The molecule has 6 heteroatoms.